The van der Waals surface area contributed by atoms with Crippen molar-refractivity contribution >= 4 is 15.9 Å². The summed E-state index contributed by atoms with van der Waals surface area (Å²) in [4.78, 5) is 23.7. The van der Waals surface area contributed by atoms with E-state index in [-0.39, 0.29) is 41.9 Å². The maximum Gasteiger partial charge on any atom is 0.260 e. The lowest BCUT2D eigenvalue weighted by Gasteiger charge is -2.42. The van der Waals surface area contributed by atoms with Gasteiger partial charge in [-0.05, 0) is 51.4 Å². The Kier molecular flexibility index (Phi) is 5.87. The Morgan fingerprint density at radius 2 is 1.81 bits per heavy atom. The Morgan fingerprint density at radius 1 is 1.03 bits per heavy atom. The Labute approximate surface area is 183 Å². The van der Waals surface area contributed by atoms with Crippen LogP contribution in [0.15, 0.2) is 12.4 Å². The molecule has 1 aromatic heterocycles. The highest BCUT2D eigenvalue weighted by atomic mass is 32.2. The maximum absolute atomic E-state index is 13.1. The van der Waals surface area contributed by atoms with E-state index >= 15 is 0 Å². The van der Waals surface area contributed by atoms with Gasteiger partial charge in [0.25, 0.3) is 5.91 Å². The van der Waals surface area contributed by atoms with Gasteiger partial charge in [-0.3, -0.25) is 9.78 Å². The summed E-state index contributed by atoms with van der Waals surface area (Å²) in [6.07, 6.45) is 9.89. The molecule has 2 atom stereocenters. The van der Waals surface area contributed by atoms with Crippen LogP contribution in [0.3, 0.4) is 0 Å². The number of ether oxygens (including phenoxy) is 2. The first-order valence-corrected chi connectivity index (χ1v) is 12.9. The number of sulfonamides is 1. The molecule has 170 valence electrons. The molecule has 1 amide bonds. The van der Waals surface area contributed by atoms with E-state index in [1.165, 1.54) is 0 Å². The van der Waals surface area contributed by atoms with Gasteiger partial charge in [0.05, 0.1) is 24.0 Å². The first kappa shape index (κ1) is 21.1. The summed E-state index contributed by atoms with van der Waals surface area (Å²) in [5, 5.41) is -0.289. The largest absolute Gasteiger partial charge is 0.466 e. The highest BCUT2D eigenvalue weighted by Gasteiger charge is 2.42. The molecule has 3 fully saturated rings. The highest BCUT2D eigenvalue weighted by molar-refractivity contribution is 7.90. The van der Waals surface area contributed by atoms with Gasteiger partial charge in [0.15, 0.2) is 6.61 Å². The fraction of sp³-hybridized carbons (Fsp3) is 0.762. The standard InChI is InChI=1S/C21H30N4O5S/c26-19-13-30-21-20(22-9-10-23-21)14-3-5-15(6-4-14)29-12-18-17(2-1-11-25(18)19)24-31(27,28)16-7-8-16/h9-10,14-18,24H,1-8,11-13H2/t14?,15?,17?,18-/m0/s1. The van der Waals surface area contributed by atoms with Gasteiger partial charge in [0.1, 0.15) is 5.69 Å². The summed E-state index contributed by atoms with van der Waals surface area (Å²) in [7, 11) is -3.36. The second-order valence-electron chi connectivity index (χ2n) is 9.11. The zero-order chi connectivity index (χ0) is 21.4. The van der Waals surface area contributed by atoms with Crippen LogP contribution < -0.4 is 9.46 Å². The average molecular weight is 451 g/mol. The number of hydrogen-bond acceptors (Lipinski definition) is 7. The maximum atomic E-state index is 13.1. The number of nitrogens with one attached hydrogen (secondary N) is 1. The Hall–Kier alpha value is -1.78. The van der Waals surface area contributed by atoms with Crippen LogP contribution >= 0.6 is 0 Å². The molecule has 5 aliphatic rings. The van der Waals surface area contributed by atoms with Crippen LogP contribution in [0.2, 0.25) is 0 Å². The zero-order valence-electron chi connectivity index (χ0n) is 17.6. The number of hydrogen-bond donors (Lipinski definition) is 1. The van der Waals surface area contributed by atoms with E-state index in [1.807, 2.05) is 0 Å². The topological polar surface area (TPSA) is 111 Å². The zero-order valence-corrected chi connectivity index (χ0v) is 18.4. The van der Waals surface area contributed by atoms with Gasteiger partial charge in [-0.1, -0.05) is 0 Å². The van der Waals surface area contributed by atoms with E-state index in [0.29, 0.717) is 38.3 Å². The van der Waals surface area contributed by atoms with E-state index in [1.54, 1.807) is 17.3 Å². The molecule has 2 bridgehead atoms. The Morgan fingerprint density at radius 3 is 2.58 bits per heavy atom. The summed E-state index contributed by atoms with van der Waals surface area (Å²) in [6.45, 7) is 0.765. The van der Waals surface area contributed by atoms with E-state index in [2.05, 4.69) is 14.7 Å². The van der Waals surface area contributed by atoms with Crippen LogP contribution in [0.5, 0.6) is 5.88 Å². The van der Waals surface area contributed by atoms with Crippen molar-refractivity contribution in [2.45, 2.75) is 80.7 Å². The van der Waals surface area contributed by atoms with E-state index < -0.39 is 10.0 Å². The minimum atomic E-state index is -3.36. The molecule has 0 spiro atoms. The molecule has 1 unspecified atom stereocenters. The highest BCUT2D eigenvalue weighted by Crippen LogP contribution is 2.37. The van der Waals surface area contributed by atoms with Crippen LogP contribution in [0, 0.1) is 0 Å². The molecule has 4 heterocycles. The first-order chi connectivity index (χ1) is 15.0. The second-order valence-corrected chi connectivity index (χ2v) is 11.1. The van der Waals surface area contributed by atoms with Crippen LogP contribution in [-0.4, -0.2) is 72.4 Å². The summed E-state index contributed by atoms with van der Waals surface area (Å²) >= 11 is 0. The average Bonchev–Trinajstić information content (AvgIpc) is 3.63. The first-order valence-electron chi connectivity index (χ1n) is 11.4. The minimum Gasteiger partial charge on any atom is -0.466 e. The molecular weight excluding hydrogens is 420 g/mol. The molecule has 2 saturated carbocycles. The fourth-order valence-corrected chi connectivity index (χ4v) is 6.72. The van der Waals surface area contributed by atoms with Gasteiger partial charge < -0.3 is 14.4 Å². The number of aromatic nitrogens is 2. The van der Waals surface area contributed by atoms with Crippen LogP contribution in [0.4, 0.5) is 0 Å². The molecule has 1 N–H and O–H groups in total. The monoisotopic (exact) mass is 450 g/mol. The third-order valence-electron chi connectivity index (χ3n) is 6.97. The number of fused-ring (bicyclic) bond motifs is 5. The third kappa shape index (κ3) is 4.56. The lowest BCUT2D eigenvalue weighted by atomic mass is 9.85. The molecule has 1 aromatic rings. The van der Waals surface area contributed by atoms with E-state index in [0.717, 1.165) is 37.8 Å². The SMILES string of the molecule is O=C1COc2nccnc2C2CCC(CC2)OC[C@H]2C(NS(=O)(=O)C3CC3)CCCN12. The molecule has 9 nitrogen and oxygen atoms in total. The van der Waals surface area contributed by atoms with Crippen LogP contribution in [0.1, 0.15) is 63.0 Å². The molecule has 6 rings (SSSR count). The smallest absolute Gasteiger partial charge is 0.260 e. The Balaban J connectivity index is 1.40. The number of carbonyl (C=O) groups is 1. The number of rotatable bonds is 3. The summed E-state index contributed by atoms with van der Waals surface area (Å²) < 4.78 is 40.2. The van der Waals surface area contributed by atoms with Crippen molar-refractivity contribution in [3.8, 4) is 5.88 Å². The van der Waals surface area contributed by atoms with Crippen molar-refractivity contribution in [3.63, 3.8) is 0 Å². The van der Waals surface area contributed by atoms with Gasteiger partial charge in [-0.25, -0.2) is 18.1 Å². The van der Waals surface area contributed by atoms with Gasteiger partial charge >= 0.3 is 0 Å². The molecular formula is C21H30N4O5S. The van der Waals surface area contributed by atoms with Gasteiger partial charge in [0.2, 0.25) is 15.9 Å². The predicted octanol–water partition coefficient (Wildman–Crippen LogP) is 1.35. The summed E-state index contributed by atoms with van der Waals surface area (Å²) in [5.41, 5.74) is 0.818. The van der Waals surface area contributed by atoms with Crippen molar-refractivity contribution in [3.05, 3.63) is 18.1 Å². The summed E-state index contributed by atoms with van der Waals surface area (Å²) in [5.74, 6) is 0.506. The van der Waals surface area contributed by atoms with Gasteiger partial charge in [-0.15, -0.1) is 0 Å². The van der Waals surface area contributed by atoms with Gasteiger partial charge in [0, 0.05) is 30.9 Å². The lowest BCUT2D eigenvalue weighted by Crippen LogP contribution is -2.60. The molecule has 0 aromatic carbocycles. The lowest BCUT2D eigenvalue weighted by molar-refractivity contribution is -0.140. The van der Waals surface area contributed by atoms with Crippen molar-refractivity contribution in [1.29, 1.82) is 0 Å². The minimum absolute atomic E-state index is 0.109. The van der Waals surface area contributed by atoms with Crippen molar-refractivity contribution in [2.24, 2.45) is 0 Å². The van der Waals surface area contributed by atoms with Crippen LogP contribution in [0.25, 0.3) is 0 Å². The van der Waals surface area contributed by atoms with Gasteiger partial charge in [-0.2, -0.15) is 0 Å². The number of amides is 1. The fourth-order valence-electron chi connectivity index (χ4n) is 5.07. The molecule has 10 heteroatoms. The van der Waals surface area contributed by atoms with Crippen molar-refractivity contribution in [2.75, 3.05) is 19.8 Å². The molecule has 0 radical (unpaired) electrons. The number of carbonyl (C=O) groups excluding carboxylic acids is 1. The predicted molar refractivity (Wildman–Crippen MR) is 112 cm³/mol. The van der Waals surface area contributed by atoms with Crippen LogP contribution in [-0.2, 0) is 19.6 Å². The molecule has 2 aliphatic carbocycles. The quantitative estimate of drug-likeness (QED) is 0.740. The van der Waals surface area contributed by atoms with Crippen molar-refractivity contribution in [1.82, 2.24) is 19.6 Å². The summed E-state index contributed by atoms with van der Waals surface area (Å²) in [6, 6.07) is -0.671. The van der Waals surface area contributed by atoms with E-state index in [4.69, 9.17) is 9.47 Å². The number of piperidine rings is 1. The molecule has 31 heavy (non-hydrogen) atoms. The normalized spacial score (nSPS) is 32.1. The van der Waals surface area contributed by atoms with E-state index in [9.17, 15) is 13.2 Å². The Bertz CT molecular complexity index is 914. The van der Waals surface area contributed by atoms with Crippen molar-refractivity contribution < 1.29 is 22.7 Å². The second kappa shape index (κ2) is 8.63. The molecule has 3 aliphatic heterocycles. The third-order valence-corrected chi connectivity index (χ3v) is 8.95. The molecule has 1 saturated heterocycles. The number of nitrogens with zero attached hydrogens (tertiary/aromatic N) is 3.